The average molecular weight is 409 g/mol. The van der Waals surface area contributed by atoms with E-state index in [0.29, 0.717) is 28.0 Å². The number of halogens is 1. The van der Waals surface area contributed by atoms with Gasteiger partial charge in [0.1, 0.15) is 5.82 Å². The van der Waals surface area contributed by atoms with Crippen molar-refractivity contribution >= 4 is 17.4 Å². The summed E-state index contributed by atoms with van der Waals surface area (Å²) in [5.41, 5.74) is 2.73. The van der Waals surface area contributed by atoms with E-state index >= 15 is 0 Å². The summed E-state index contributed by atoms with van der Waals surface area (Å²) in [6.07, 6.45) is 5.27. The smallest absolute Gasteiger partial charge is 0.247 e. The number of benzene rings is 2. The molecule has 7 heteroatoms. The van der Waals surface area contributed by atoms with Crippen molar-refractivity contribution in [2.75, 3.05) is 5.32 Å². The van der Waals surface area contributed by atoms with Gasteiger partial charge in [-0.3, -0.25) is 0 Å². The van der Waals surface area contributed by atoms with E-state index in [0.717, 1.165) is 36.9 Å². The first-order valence-corrected chi connectivity index (χ1v) is 10.9. The summed E-state index contributed by atoms with van der Waals surface area (Å²) in [5.74, 6) is 0.710. The maximum Gasteiger partial charge on any atom is 0.247 e. The molecule has 2 aromatic carbocycles. The highest BCUT2D eigenvalue weighted by molar-refractivity contribution is 7.98. The molecule has 3 aromatic rings. The zero-order valence-electron chi connectivity index (χ0n) is 15.9. The number of nitrogens with zero attached hydrogens (tertiary/aromatic N) is 3. The van der Waals surface area contributed by atoms with Gasteiger partial charge in [0.2, 0.25) is 11.0 Å². The molecule has 2 aliphatic rings. The lowest BCUT2D eigenvalue weighted by molar-refractivity contribution is 0.0536. The number of rotatable bonds is 3. The van der Waals surface area contributed by atoms with Gasteiger partial charge in [-0.15, -0.1) is 10.2 Å². The molecule has 5 nitrogen and oxygen atoms in total. The van der Waals surface area contributed by atoms with Crippen LogP contribution in [0.1, 0.15) is 37.7 Å². The van der Waals surface area contributed by atoms with Crippen LogP contribution in [0.25, 0.3) is 11.3 Å². The Morgan fingerprint density at radius 1 is 1.00 bits per heavy atom. The molecule has 1 aliphatic carbocycles. The molecule has 0 amide bonds. The Bertz CT molecular complexity index is 1040. The van der Waals surface area contributed by atoms with Gasteiger partial charge >= 0.3 is 0 Å². The summed E-state index contributed by atoms with van der Waals surface area (Å²) >= 11 is 1.36. The molecule has 29 heavy (non-hydrogen) atoms. The van der Waals surface area contributed by atoms with E-state index < -0.39 is 5.72 Å². The van der Waals surface area contributed by atoms with Crippen LogP contribution >= 0.6 is 11.8 Å². The van der Waals surface area contributed by atoms with Crippen LogP contribution in [0.2, 0.25) is 0 Å². The standard InChI is InChI=1S/C22H21FN4OS/c23-17-10-4-2-8-15(17)14-29-21-24-20-19(26-27-21)16-9-3-5-11-18(16)25-22(28-20)12-6-1-7-13-22/h2-5,8-11,25H,1,6-7,12-14H2. The number of aromatic nitrogens is 3. The Kier molecular flexibility index (Phi) is 4.83. The Morgan fingerprint density at radius 2 is 1.79 bits per heavy atom. The van der Waals surface area contributed by atoms with Crippen LogP contribution in [0.5, 0.6) is 5.88 Å². The second-order valence-corrected chi connectivity index (χ2v) is 8.40. The second kappa shape index (κ2) is 7.63. The number of hydrogen-bond donors (Lipinski definition) is 1. The van der Waals surface area contributed by atoms with Crippen LogP contribution < -0.4 is 10.1 Å². The van der Waals surface area contributed by atoms with Crippen molar-refractivity contribution in [3.63, 3.8) is 0 Å². The fourth-order valence-electron chi connectivity index (χ4n) is 3.96. The van der Waals surface area contributed by atoms with Crippen LogP contribution in [-0.4, -0.2) is 20.9 Å². The van der Waals surface area contributed by atoms with E-state index in [4.69, 9.17) is 4.74 Å². The monoisotopic (exact) mass is 408 g/mol. The molecule has 1 spiro atoms. The minimum absolute atomic E-state index is 0.224. The number of thioether (sulfide) groups is 1. The normalized spacial score (nSPS) is 16.9. The number of ether oxygens (including phenoxy) is 1. The largest absolute Gasteiger partial charge is 0.449 e. The number of fused-ring (bicyclic) bond motifs is 3. The second-order valence-electron chi connectivity index (χ2n) is 7.46. The van der Waals surface area contributed by atoms with E-state index in [9.17, 15) is 4.39 Å². The highest BCUT2D eigenvalue weighted by Gasteiger charge is 2.39. The lowest BCUT2D eigenvalue weighted by atomic mass is 9.91. The first-order valence-electron chi connectivity index (χ1n) is 9.90. The summed E-state index contributed by atoms with van der Waals surface area (Å²) in [4.78, 5) is 4.67. The highest BCUT2D eigenvalue weighted by Crippen LogP contribution is 2.43. The SMILES string of the molecule is Fc1ccccc1CSc1nnc2c(n1)OC1(CCCCC1)Nc1ccccc1-2. The van der Waals surface area contributed by atoms with Gasteiger partial charge in [0.25, 0.3) is 0 Å². The van der Waals surface area contributed by atoms with Crippen molar-refractivity contribution in [1.82, 2.24) is 15.2 Å². The molecule has 1 N–H and O–H groups in total. The molecular formula is C22H21FN4OS. The third-order valence-electron chi connectivity index (χ3n) is 5.45. The fraction of sp³-hybridized carbons (Fsp3) is 0.318. The third-order valence-corrected chi connectivity index (χ3v) is 6.33. The molecule has 1 aromatic heterocycles. The van der Waals surface area contributed by atoms with Gasteiger partial charge in [0.15, 0.2) is 11.4 Å². The number of para-hydroxylation sites is 1. The molecule has 0 radical (unpaired) electrons. The zero-order valence-corrected chi connectivity index (χ0v) is 16.7. The van der Waals surface area contributed by atoms with Gasteiger partial charge < -0.3 is 10.1 Å². The lowest BCUT2D eigenvalue weighted by Crippen LogP contribution is -2.45. The number of anilines is 1. The third kappa shape index (κ3) is 3.67. The van der Waals surface area contributed by atoms with Crippen LogP contribution in [0, 0.1) is 5.82 Å². The Balaban J connectivity index is 1.49. The first kappa shape index (κ1) is 18.4. The van der Waals surface area contributed by atoms with E-state index in [2.05, 4.69) is 20.5 Å². The van der Waals surface area contributed by atoms with Crippen molar-refractivity contribution in [1.29, 1.82) is 0 Å². The Morgan fingerprint density at radius 3 is 2.66 bits per heavy atom. The minimum Gasteiger partial charge on any atom is -0.449 e. The van der Waals surface area contributed by atoms with Gasteiger partial charge in [-0.25, -0.2) is 4.39 Å². The topological polar surface area (TPSA) is 59.9 Å². The predicted molar refractivity (Wildman–Crippen MR) is 111 cm³/mol. The van der Waals surface area contributed by atoms with Gasteiger partial charge in [-0.1, -0.05) is 54.6 Å². The molecule has 1 aliphatic heterocycles. The first-order chi connectivity index (χ1) is 14.2. The Hall–Kier alpha value is -2.67. The summed E-state index contributed by atoms with van der Waals surface area (Å²) in [6.45, 7) is 0. The number of hydrogen-bond acceptors (Lipinski definition) is 6. The molecule has 5 rings (SSSR count). The van der Waals surface area contributed by atoms with E-state index in [1.807, 2.05) is 30.3 Å². The van der Waals surface area contributed by atoms with Gasteiger partial charge in [-0.05, 0) is 30.5 Å². The molecule has 0 atom stereocenters. The number of nitrogens with one attached hydrogen (secondary N) is 1. The van der Waals surface area contributed by atoms with Crippen LogP contribution in [0.4, 0.5) is 10.1 Å². The highest BCUT2D eigenvalue weighted by atomic mass is 32.2. The minimum atomic E-state index is -0.469. The van der Waals surface area contributed by atoms with Crippen molar-refractivity contribution in [3.05, 3.63) is 59.9 Å². The summed E-state index contributed by atoms with van der Waals surface area (Å²) in [7, 11) is 0. The molecular weight excluding hydrogens is 387 g/mol. The van der Waals surface area contributed by atoms with Crippen molar-refractivity contribution in [3.8, 4) is 17.1 Å². The lowest BCUT2D eigenvalue weighted by Gasteiger charge is -2.37. The summed E-state index contributed by atoms with van der Waals surface area (Å²) < 4.78 is 20.4. The van der Waals surface area contributed by atoms with Crippen LogP contribution in [0.15, 0.2) is 53.7 Å². The summed E-state index contributed by atoms with van der Waals surface area (Å²) in [6, 6.07) is 14.8. The average Bonchev–Trinajstić information content (AvgIpc) is 2.87. The van der Waals surface area contributed by atoms with E-state index in [1.165, 1.54) is 24.2 Å². The van der Waals surface area contributed by atoms with Crippen molar-refractivity contribution < 1.29 is 9.13 Å². The van der Waals surface area contributed by atoms with E-state index in [1.54, 1.807) is 12.1 Å². The molecule has 0 bridgehead atoms. The predicted octanol–water partition coefficient (Wildman–Crippen LogP) is 5.43. The zero-order chi connectivity index (χ0) is 19.7. The van der Waals surface area contributed by atoms with Gasteiger partial charge in [0.05, 0.1) is 0 Å². The van der Waals surface area contributed by atoms with E-state index in [-0.39, 0.29) is 5.82 Å². The maximum absolute atomic E-state index is 13.9. The van der Waals surface area contributed by atoms with Crippen molar-refractivity contribution in [2.24, 2.45) is 0 Å². The van der Waals surface area contributed by atoms with Crippen LogP contribution in [0.3, 0.4) is 0 Å². The van der Waals surface area contributed by atoms with Crippen LogP contribution in [-0.2, 0) is 5.75 Å². The Labute approximate surface area is 173 Å². The fourth-order valence-corrected chi connectivity index (χ4v) is 4.73. The molecule has 1 fully saturated rings. The quantitative estimate of drug-likeness (QED) is 0.583. The maximum atomic E-state index is 13.9. The molecule has 1 saturated carbocycles. The molecule has 148 valence electrons. The molecule has 0 saturated heterocycles. The summed E-state index contributed by atoms with van der Waals surface area (Å²) in [5, 5.41) is 12.8. The van der Waals surface area contributed by atoms with Gasteiger partial charge in [0, 0.05) is 29.8 Å². The van der Waals surface area contributed by atoms with Crippen molar-refractivity contribution in [2.45, 2.75) is 48.7 Å². The molecule has 0 unspecified atom stereocenters. The molecule has 2 heterocycles. The van der Waals surface area contributed by atoms with Gasteiger partial charge in [-0.2, -0.15) is 4.98 Å².